The van der Waals surface area contributed by atoms with Crippen LogP contribution in [0.15, 0.2) is 34.1 Å². The molecular weight excluding hydrogens is 342 g/mol. The zero-order valence-corrected chi connectivity index (χ0v) is 13.9. The van der Waals surface area contributed by atoms with Crippen LogP contribution in [-0.4, -0.2) is 6.54 Å². The van der Waals surface area contributed by atoms with Crippen LogP contribution < -0.4 is 4.90 Å². The van der Waals surface area contributed by atoms with Crippen molar-refractivity contribution in [2.24, 2.45) is 0 Å². The lowest BCUT2D eigenvalue weighted by atomic mass is 9.99. The first-order valence-corrected chi connectivity index (χ1v) is 8.58. The summed E-state index contributed by atoms with van der Waals surface area (Å²) in [5.41, 5.74) is 3.93. The van der Waals surface area contributed by atoms with Gasteiger partial charge in [0.1, 0.15) is 0 Å². The topological polar surface area (TPSA) is 3.24 Å². The number of hydrogen-bond acceptors (Lipinski definition) is 2. The maximum atomic E-state index is 6.10. The molecule has 1 aromatic carbocycles. The Morgan fingerprint density at radius 2 is 2.26 bits per heavy atom. The third kappa shape index (κ3) is 2.44. The summed E-state index contributed by atoms with van der Waals surface area (Å²) in [7, 11) is 0. The summed E-state index contributed by atoms with van der Waals surface area (Å²) >= 11 is 11.5. The van der Waals surface area contributed by atoms with Gasteiger partial charge in [0, 0.05) is 27.5 Å². The lowest BCUT2D eigenvalue weighted by molar-refractivity contribution is 0.631. The van der Waals surface area contributed by atoms with Crippen LogP contribution in [0.4, 0.5) is 5.69 Å². The van der Waals surface area contributed by atoms with Crippen molar-refractivity contribution in [1.82, 2.24) is 0 Å². The molecule has 2 aromatic rings. The van der Waals surface area contributed by atoms with Crippen molar-refractivity contribution in [3.8, 4) is 0 Å². The fourth-order valence-electron chi connectivity index (χ4n) is 2.78. The lowest BCUT2D eigenvalue weighted by Gasteiger charge is -2.36. The Bertz CT molecular complexity index is 596. The average Bonchev–Trinajstić information content (AvgIpc) is 2.89. The van der Waals surface area contributed by atoms with E-state index in [4.69, 9.17) is 11.6 Å². The van der Waals surface area contributed by atoms with Crippen molar-refractivity contribution in [2.75, 3.05) is 11.4 Å². The van der Waals surface area contributed by atoms with Crippen LogP contribution in [0.3, 0.4) is 0 Å². The second-order valence-corrected chi connectivity index (χ2v) is 7.01. The van der Waals surface area contributed by atoms with Crippen molar-refractivity contribution in [1.29, 1.82) is 0 Å². The van der Waals surface area contributed by atoms with Gasteiger partial charge in [-0.15, -0.1) is 22.9 Å². The molecule has 0 fully saturated rings. The van der Waals surface area contributed by atoms with Crippen LogP contribution in [-0.2, 0) is 12.3 Å². The number of benzene rings is 1. The standard InChI is InChI=1S/C15H15BrClNS/c1-10-13-5-7-19-15(13)4-6-18(10)14-3-2-12(16)8-11(14)9-17/h2-3,5,7-8,10H,4,6,9H2,1H3. The van der Waals surface area contributed by atoms with Gasteiger partial charge in [0.15, 0.2) is 0 Å². The van der Waals surface area contributed by atoms with Crippen molar-refractivity contribution >= 4 is 44.6 Å². The molecule has 0 amide bonds. The van der Waals surface area contributed by atoms with E-state index in [0.717, 1.165) is 17.4 Å². The number of halogens is 2. The number of rotatable bonds is 2. The molecule has 0 aliphatic carbocycles. The molecule has 0 spiro atoms. The van der Waals surface area contributed by atoms with Crippen LogP contribution in [0.2, 0.25) is 0 Å². The SMILES string of the molecule is CC1c2ccsc2CCN1c1ccc(Br)cc1CCl. The maximum Gasteiger partial charge on any atom is 0.0525 e. The van der Waals surface area contributed by atoms with Crippen LogP contribution in [0.25, 0.3) is 0 Å². The minimum absolute atomic E-state index is 0.429. The van der Waals surface area contributed by atoms with Gasteiger partial charge in [-0.2, -0.15) is 0 Å². The molecule has 2 heterocycles. The van der Waals surface area contributed by atoms with Gasteiger partial charge in [0.25, 0.3) is 0 Å². The first-order valence-electron chi connectivity index (χ1n) is 6.38. The van der Waals surface area contributed by atoms with Crippen molar-refractivity contribution < 1.29 is 0 Å². The summed E-state index contributed by atoms with van der Waals surface area (Å²) in [6, 6.07) is 9.09. The van der Waals surface area contributed by atoms with E-state index in [-0.39, 0.29) is 0 Å². The molecule has 19 heavy (non-hydrogen) atoms. The molecule has 4 heteroatoms. The fraction of sp³-hybridized carbons (Fsp3) is 0.333. The summed E-state index contributed by atoms with van der Waals surface area (Å²) in [6.07, 6.45) is 1.13. The van der Waals surface area contributed by atoms with E-state index >= 15 is 0 Å². The number of thiophene rings is 1. The van der Waals surface area contributed by atoms with Crippen LogP contribution in [0, 0.1) is 0 Å². The monoisotopic (exact) mass is 355 g/mol. The highest BCUT2D eigenvalue weighted by Gasteiger charge is 2.26. The van der Waals surface area contributed by atoms with Gasteiger partial charge in [-0.1, -0.05) is 15.9 Å². The van der Waals surface area contributed by atoms with Gasteiger partial charge in [-0.05, 0) is 54.1 Å². The number of hydrogen-bond donors (Lipinski definition) is 0. The Morgan fingerprint density at radius 1 is 1.42 bits per heavy atom. The zero-order valence-electron chi connectivity index (χ0n) is 10.7. The Balaban J connectivity index is 2.00. The Hall–Kier alpha value is -0.510. The van der Waals surface area contributed by atoms with Crippen LogP contribution in [0.1, 0.15) is 29.0 Å². The van der Waals surface area contributed by atoms with Crippen LogP contribution in [0.5, 0.6) is 0 Å². The average molecular weight is 357 g/mol. The molecule has 1 aliphatic heterocycles. The van der Waals surface area contributed by atoms with Gasteiger partial charge < -0.3 is 4.90 Å². The van der Waals surface area contributed by atoms with E-state index in [1.165, 1.54) is 21.7 Å². The first kappa shape index (κ1) is 13.5. The van der Waals surface area contributed by atoms with Gasteiger partial charge in [-0.3, -0.25) is 0 Å². The maximum absolute atomic E-state index is 6.10. The summed E-state index contributed by atoms with van der Waals surface area (Å²) < 4.78 is 1.09. The molecule has 0 radical (unpaired) electrons. The minimum Gasteiger partial charge on any atom is -0.364 e. The summed E-state index contributed by atoms with van der Waals surface area (Å²) in [5.74, 6) is 0.550. The number of nitrogens with zero attached hydrogens (tertiary/aromatic N) is 1. The number of alkyl halides is 1. The van der Waals surface area contributed by atoms with E-state index < -0.39 is 0 Å². The van der Waals surface area contributed by atoms with Gasteiger partial charge in [-0.25, -0.2) is 0 Å². The molecule has 1 atom stereocenters. The Labute approximate surface area is 131 Å². The first-order chi connectivity index (χ1) is 9.20. The largest absolute Gasteiger partial charge is 0.364 e. The second-order valence-electron chi connectivity index (χ2n) is 4.83. The van der Waals surface area contributed by atoms with Crippen molar-refractivity contribution in [3.63, 3.8) is 0 Å². The molecule has 0 saturated heterocycles. The molecule has 3 rings (SSSR count). The van der Waals surface area contributed by atoms with Crippen molar-refractivity contribution in [3.05, 3.63) is 50.1 Å². The normalized spacial score (nSPS) is 18.5. The molecule has 1 aromatic heterocycles. The zero-order chi connectivity index (χ0) is 13.4. The van der Waals surface area contributed by atoms with Crippen LogP contribution >= 0.6 is 38.9 Å². The summed E-state index contributed by atoms with van der Waals surface area (Å²) in [4.78, 5) is 4.01. The predicted octanol–water partition coefficient (Wildman–Crippen LogP) is 5.37. The van der Waals surface area contributed by atoms with E-state index in [2.05, 4.69) is 57.4 Å². The van der Waals surface area contributed by atoms with Gasteiger partial charge >= 0.3 is 0 Å². The third-order valence-electron chi connectivity index (χ3n) is 3.77. The minimum atomic E-state index is 0.429. The van der Waals surface area contributed by atoms with Gasteiger partial charge in [0.2, 0.25) is 0 Å². The fourth-order valence-corrected chi connectivity index (χ4v) is 4.37. The smallest absolute Gasteiger partial charge is 0.0525 e. The highest BCUT2D eigenvalue weighted by Crippen LogP contribution is 2.38. The molecule has 0 bridgehead atoms. The molecular formula is C15H15BrClNS. The van der Waals surface area contributed by atoms with Crippen molar-refractivity contribution in [2.45, 2.75) is 25.3 Å². The molecule has 0 saturated carbocycles. The molecule has 100 valence electrons. The highest BCUT2D eigenvalue weighted by atomic mass is 79.9. The second kappa shape index (κ2) is 5.47. The van der Waals surface area contributed by atoms with E-state index in [0.29, 0.717) is 11.9 Å². The molecule has 1 aliphatic rings. The molecule has 1 unspecified atom stereocenters. The van der Waals surface area contributed by atoms with Gasteiger partial charge in [0.05, 0.1) is 6.04 Å². The quantitative estimate of drug-likeness (QED) is 0.654. The Kier molecular flexibility index (Phi) is 3.88. The van der Waals surface area contributed by atoms with E-state index in [1.807, 2.05) is 11.3 Å². The molecule has 0 N–H and O–H groups in total. The third-order valence-corrected chi connectivity index (χ3v) is 5.55. The summed E-state index contributed by atoms with van der Waals surface area (Å²) in [5, 5.41) is 2.20. The molecule has 1 nitrogen and oxygen atoms in total. The summed E-state index contributed by atoms with van der Waals surface area (Å²) in [6.45, 7) is 3.35. The Morgan fingerprint density at radius 3 is 3.05 bits per heavy atom. The number of anilines is 1. The predicted molar refractivity (Wildman–Crippen MR) is 87.5 cm³/mol. The number of fused-ring (bicyclic) bond motifs is 1. The highest BCUT2D eigenvalue weighted by molar-refractivity contribution is 9.10. The van der Waals surface area contributed by atoms with E-state index in [9.17, 15) is 0 Å². The van der Waals surface area contributed by atoms with E-state index in [1.54, 1.807) is 0 Å². The lowest BCUT2D eigenvalue weighted by Crippen LogP contribution is -2.33.